The molecule has 0 spiro atoms. The first-order valence-corrected chi connectivity index (χ1v) is 6.02. The largest absolute Gasteiger partial charge is 0.339 e. The maximum atomic E-state index is 11.9. The summed E-state index contributed by atoms with van der Waals surface area (Å²) in [5.74, 6) is -0.445. The molecular formula is C12H21N3O. The molecule has 1 fully saturated rings. The zero-order valence-corrected chi connectivity index (χ0v) is 10.4. The summed E-state index contributed by atoms with van der Waals surface area (Å²) in [6.07, 6.45) is 0.611. The summed E-state index contributed by atoms with van der Waals surface area (Å²) in [5, 5.41) is 8.86. The Balaban J connectivity index is 2.48. The van der Waals surface area contributed by atoms with E-state index in [2.05, 4.69) is 24.8 Å². The van der Waals surface area contributed by atoms with Crippen LogP contribution in [-0.2, 0) is 4.79 Å². The first-order chi connectivity index (χ1) is 7.60. The molecule has 90 valence electrons. The van der Waals surface area contributed by atoms with Crippen LogP contribution >= 0.6 is 0 Å². The lowest BCUT2D eigenvalue weighted by atomic mass is 10.1. The molecule has 4 heteroatoms. The zero-order chi connectivity index (χ0) is 12.1. The zero-order valence-electron chi connectivity index (χ0n) is 10.4. The number of nitriles is 1. The highest BCUT2D eigenvalue weighted by Gasteiger charge is 2.26. The number of piperazine rings is 1. The Labute approximate surface area is 97.8 Å². The molecule has 1 atom stereocenters. The van der Waals surface area contributed by atoms with Crippen molar-refractivity contribution in [3.63, 3.8) is 0 Å². The first kappa shape index (κ1) is 13.0. The van der Waals surface area contributed by atoms with Crippen molar-refractivity contribution in [2.45, 2.75) is 33.2 Å². The summed E-state index contributed by atoms with van der Waals surface area (Å²) in [6.45, 7) is 9.58. The average Bonchev–Trinajstić information content (AvgIpc) is 2.30. The molecule has 0 aromatic rings. The molecule has 1 aliphatic rings. The summed E-state index contributed by atoms with van der Waals surface area (Å²) in [6, 6.07) is 2.62. The minimum absolute atomic E-state index is 0.00778. The highest BCUT2D eigenvalue weighted by molar-refractivity contribution is 5.81. The molecule has 16 heavy (non-hydrogen) atoms. The van der Waals surface area contributed by atoms with Gasteiger partial charge in [0.25, 0.3) is 0 Å². The number of carbonyl (C=O) groups excluding carboxylic acids is 1. The summed E-state index contributed by atoms with van der Waals surface area (Å²) in [5.41, 5.74) is 0. The van der Waals surface area contributed by atoms with E-state index < -0.39 is 5.92 Å². The van der Waals surface area contributed by atoms with E-state index in [0.29, 0.717) is 12.5 Å². The lowest BCUT2D eigenvalue weighted by Gasteiger charge is -2.37. The topological polar surface area (TPSA) is 47.3 Å². The van der Waals surface area contributed by atoms with Gasteiger partial charge in [-0.05, 0) is 20.3 Å². The number of amides is 1. The van der Waals surface area contributed by atoms with Crippen LogP contribution in [0, 0.1) is 17.2 Å². The van der Waals surface area contributed by atoms with E-state index in [0.717, 1.165) is 26.2 Å². The van der Waals surface area contributed by atoms with E-state index in [9.17, 15) is 4.79 Å². The molecule has 0 aliphatic carbocycles. The molecular weight excluding hydrogens is 202 g/mol. The van der Waals surface area contributed by atoms with E-state index >= 15 is 0 Å². The minimum atomic E-state index is -0.453. The predicted molar refractivity (Wildman–Crippen MR) is 62.7 cm³/mol. The first-order valence-electron chi connectivity index (χ1n) is 6.02. The van der Waals surface area contributed by atoms with Gasteiger partial charge in [-0.15, -0.1) is 0 Å². The highest BCUT2D eigenvalue weighted by atomic mass is 16.2. The highest BCUT2D eigenvalue weighted by Crippen LogP contribution is 2.11. The molecule has 4 nitrogen and oxygen atoms in total. The third-order valence-corrected chi connectivity index (χ3v) is 3.22. The predicted octanol–water partition coefficient (Wildman–Crippen LogP) is 1.09. The molecule has 0 aromatic heterocycles. The van der Waals surface area contributed by atoms with Crippen molar-refractivity contribution < 1.29 is 4.79 Å². The maximum absolute atomic E-state index is 11.9. The number of hydrogen-bond acceptors (Lipinski definition) is 3. The molecule has 1 heterocycles. The Morgan fingerprint density at radius 2 is 1.88 bits per heavy atom. The number of rotatable bonds is 3. The van der Waals surface area contributed by atoms with Crippen LogP contribution in [0.4, 0.5) is 0 Å². The van der Waals surface area contributed by atoms with Crippen LogP contribution in [0.5, 0.6) is 0 Å². The molecule has 1 aliphatic heterocycles. The van der Waals surface area contributed by atoms with Gasteiger partial charge in [0.05, 0.1) is 6.07 Å². The van der Waals surface area contributed by atoms with Gasteiger partial charge < -0.3 is 4.90 Å². The smallest absolute Gasteiger partial charge is 0.240 e. The average molecular weight is 223 g/mol. The van der Waals surface area contributed by atoms with Crippen molar-refractivity contribution in [1.29, 1.82) is 5.26 Å². The van der Waals surface area contributed by atoms with Crippen LogP contribution in [0.2, 0.25) is 0 Å². The van der Waals surface area contributed by atoms with Gasteiger partial charge in [-0.25, -0.2) is 0 Å². The second-order valence-electron chi connectivity index (χ2n) is 4.54. The van der Waals surface area contributed by atoms with Crippen molar-refractivity contribution in [1.82, 2.24) is 9.80 Å². The van der Waals surface area contributed by atoms with Gasteiger partial charge in [0, 0.05) is 32.2 Å². The van der Waals surface area contributed by atoms with Gasteiger partial charge in [0.2, 0.25) is 5.91 Å². The Hall–Kier alpha value is -1.08. The SMILES string of the molecule is CCC(C#N)C(=O)N1CCN(C(C)C)CC1. The van der Waals surface area contributed by atoms with E-state index in [4.69, 9.17) is 5.26 Å². The fourth-order valence-corrected chi connectivity index (χ4v) is 2.00. The second kappa shape index (κ2) is 5.86. The third-order valence-electron chi connectivity index (χ3n) is 3.22. The van der Waals surface area contributed by atoms with Crippen LogP contribution < -0.4 is 0 Å². The fraction of sp³-hybridized carbons (Fsp3) is 0.833. The van der Waals surface area contributed by atoms with Crippen LogP contribution in [-0.4, -0.2) is 47.9 Å². The van der Waals surface area contributed by atoms with Crippen LogP contribution in [0.1, 0.15) is 27.2 Å². The van der Waals surface area contributed by atoms with Gasteiger partial charge in [-0.2, -0.15) is 5.26 Å². The molecule has 1 amide bonds. The lowest BCUT2D eigenvalue weighted by molar-refractivity contribution is -0.135. The lowest BCUT2D eigenvalue weighted by Crippen LogP contribution is -2.51. The van der Waals surface area contributed by atoms with Crippen LogP contribution in [0.3, 0.4) is 0 Å². The van der Waals surface area contributed by atoms with Crippen molar-refractivity contribution in [2.75, 3.05) is 26.2 Å². The van der Waals surface area contributed by atoms with Crippen molar-refractivity contribution >= 4 is 5.91 Å². The number of nitrogens with zero attached hydrogens (tertiary/aromatic N) is 3. The summed E-state index contributed by atoms with van der Waals surface area (Å²) in [4.78, 5) is 16.1. The number of carbonyl (C=O) groups is 1. The molecule has 0 aromatic carbocycles. The molecule has 1 unspecified atom stereocenters. The monoisotopic (exact) mass is 223 g/mol. The van der Waals surface area contributed by atoms with Gasteiger partial charge in [-0.1, -0.05) is 6.92 Å². The number of hydrogen-bond donors (Lipinski definition) is 0. The minimum Gasteiger partial charge on any atom is -0.339 e. The van der Waals surface area contributed by atoms with Gasteiger partial charge in [-0.3, -0.25) is 9.69 Å². The van der Waals surface area contributed by atoms with Crippen molar-refractivity contribution in [3.05, 3.63) is 0 Å². The summed E-state index contributed by atoms with van der Waals surface area (Å²) in [7, 11) is 0. The van der Waals surface area contributed by atoms with Gasteiger partial charge in [0.1, 0.15) is 5.92 Å². The fourth-order valence-electron chi connectivity index (χ4n) is 2.00. The standard InChI is InChI=1S/C12H21N3O/c1-4-11(9-13)12(16)15-7-5-14(6-8-15)10(2)3/h10-11H,4-8H2,1-3H3. The molecule has 1 rings (SSSR count). The van der Waals surface area contributed by atoms with E-state index in [1.165, 1.54) is 0 Å². The molecule has 0 N–H and O–H groups in total. The quantitative estimate of drug-likeness (QED) is 0.719. The Bertz CT molecular complexity index is 274. The van der Waals surface area contributed by atoms with Crippen molar-refractivity contribution in [3.8, 4) is 6.07 Å². The third kappa shape index (κ3) is 2.96. The van der Waals surface area contributed by atoms with E-state index in [1.807, 2.05) is 11.8 Å². The summed E-state index contributed by atoms with van der Waals surface area (Å²) >= 11 is 0. The normalized spacial score (nSPS) is 19.6. The van der Waals surface area contributed by atoms with Gasteiger partial charge >= 0.3 is 0 Å². The molecule has 1 saturated heterocycles. The van der Waals surface area contributed by atoms with E-state index in [-0.39, 0.29) is 5.91 Å². The van der Waals surface area contributed by atoms with Crippen molar-refractivity contribution in [2.24, 2.45) is 5.92 Å². The second-order valence-corrected chi connectivity index (χ2v) is 4.54. The van der Waals surface area contributed by atoms with E-state index in [1.54, 1.807) is 0 Å². The summed E-state index contributed by atoms with van der Waals surface area (Å²) < 4.78 is 0. The molecule has 0 bridgehead atoms. The Morgan fingerprint density at radius 3 is 2.25 bits per heavy atom. The Kier molecular flexibility index (Phi) is 4.75. The van der Waals surface area contributed by atoms with Crippen LogP contribution in [0.25, 0.3) is 0 Å². The molecule has 0 radical (unpaired) electrons. The van der Waals surface area contributed by atoms with Gasteiger partial charge in [0.15, 0.2) is 0 Å². The molecule has 0 saturated carbocycles. The maximum Gasteiger partial charge on any atom is 0.240 e. The van der Waals surface area contributed by atoms with Crippen LogP contribution in [0.15, 0.2) is 0 Å². The Morgan fingerprint density at radius 1 is 1.31 bits per heavy atom.